The van der Waals surface area contributed by atoms with Crippen LogP contribution in [0.1, 0.15) is 23.2 Å². The molecule has 0 N–H and O–H groups in total. The van der Waals surface area contributed by atoms with Gasteiger partial charge in [-0.25, -0.2) is 4.98 Å². The van der Waals surface area contributed by atoms with Crippen molar-refractivity contribution >= 4 is 16.9 Å². The Kier molecular flexibility index (Phi) is 2.22. The zero-order valence-electron chi connectivity index (χ0n) is 8.13. The van der Waals surface area contributed by atoms with Gasteiger partial charge in [0.05, 0.1) is 5.56 Å². The van der Waals surface area contributed by atoms with E-state index in [1.807, 2.05) is 0 Å². The smallest absolute Gasteiger partial charge is 0.416 e. The summed E-state index contributed by atoms with van der Waals surface area (Å²) in [6.45, 7) is 1.23. The van der Waals surface area contributed by atoms with Crippen molar-refractivity contribution < 1.29 is 22.4 Å². The zero-order chi connectivity index (χ0) is 11.9. The number of fused-ring (bicyclic) bond motifs is 1. The quantitative estimate of drug-likeness (QED) is 0.706. The van der Waals surface area contributed by atoms with Gasteiger partial charge < -0.3 is 4.42 Å². The molecule has 0 saturated carbocycles. The zero-order valence-corrected chi connectivity index (χ0v) is 8.13. The van der Waals surface area contributed by atoms with Crippen LogP contribution in [-0.4, -0.2) is 10.8 Å². The van der Waals surface area contributed by atoms with Gasteiger partial charge in [0.15, 0.2) is 5.58 Å². The molecule has 1 aromatic heterocycles. The largest absolute Gasteiger partial charge is 0.434 e. The number of halogens is 3. The number of ketones is 1. The molecule has 0 bridgehead atoms. The van der Waals surface area contributed by atoms with Crippen LogP contribution in [0.4, 0.5) is 13.2 Å². The first-order chi connectivity index (χ1) is 7.38. The molecule has 0 atom stereocenters. The first kappa shape index (κ1) is 10.7. The Morgan fingerprint density at radius 3 is 2.62 bits per heavy atom. The molecule has 84 valence electrons. The fourth-order valence-corrected chi connectivity index (χ4v) is 1.25. The van der Waals surface area contributed by atoms with E-state index < -0.39 is 17.5 Å². The third-order valence-electron chi connectivity index (χ3n) is 2.02. The molecule has 0 amide bonds. The van der Waals surface area contributed by atoms with E-state index in [1.54, 1.807) is 0 Å². The Hall–Kier alpha value is -1.85. The number of carbonyl (C=O) groups is 1. The van der Waals surface area contributed by atoms with Crippen LogP contribution in [0.3, 0.4) is 0 Å². The molecular weight excluding hydrogens is 223 g/mol. The number of rotatable bonds is 1. The van der Waals surface area contributed by atoms with Crippen molar-refractivity contribution in [3.8, 4) is 0 Å². The fraction of sp³-hybridized carbons (Fsp3) is 0.200. The molecule has 0 saturated heterocycles. The van der Waals surface area contributed by atoms with Gasteiger partial charge in [-0.2, -0.15) is 13.2 Å². The van der Waals surface area contributed by atoms with E-state index in [0.717, 1.165) is 18.2 Å². The highest BCUT2D eigenvalue weighted by Gasteiger charge is 2.31. The van der Waals surface area contributed by atoms with Crippen LogP contribution in [0, 0.1) is 0 Å². The topological polar surface area (TPSA) is 43.1 Å². The summed E-state index contributed by atoms with van der Waals surface area (Å²) in [7, 11) is 0. The summed E-state index contributed by atoms with van der Waals surface area (Å²) in [4.78, 5) is 14.6. The average Bonchev–Trinajstić information content (AvgIpc) is 2.58. The van der Waals surface area contributed by atoms with E-state index in [-0.39, 0.29) is 17.0 Å². The van der Waals surface area contributed by atoms with Crippen LogP contribution < -0.4 is 0 Å². The minimum absolute atomic E-state index is 0.0278. The molecule has 1 heterocycles. The van der Waals surface area contributed by atoms with Gasteiger partial charge in [0.25, 0.3) is 5.89 Å². The highest BCUT2D eigenvalue weighted by Crippen LogP contribution is 2.31. The maximum absolute atomic E-state index is 12.4. The Balaban J connectivity index is 2.58. The monoisotopic (exact) mass is 229 g/mol. The molecule has 0 unspecified atom stereocenters. The van der Waals surface area contributed by atoms with Gasteiger partial charge >= 0.3 is 6.18 Å². The summed E-state index contributed by atoms with van der Waals surface area (Å²) >= 11 is 0. The number of hydrogen-bond donors (Lipinski definition) is 0. The van der Waals surface area contributed by atoms with Crippen LogP contribution >= 0.6 is 0 Å². The van der Waals surface area contributed by atoms with Crippen LogP contribution in [0.2, 0.25) is 0 Å². The number of hydrogen-bond acceptors (Lipinski definition) is 3. The third kappa shape index (κ3) is 1.78. The second kappa shape index (κ2) is 3.33. The van der Waals surface area contributed by atoms with Crippen molar-refractivity contribution in [1.29, 1.82) is 0 Å². The first-order valence-corrected chi connectivity index (χ1v) is 4.36. The maximum atomic E-state index is 12.4. The SMILES string of the molecule is CC(=O)c1nc2cc(C(F)(F)F)ccc2o1. The van der Waals surface area contributed by atoms with Gasteiger partial charge in [-0.1, -0.05) is 0 Å². The number of alkyl halides is 3. The normalized spacial score (nSPS) is 12.0. The molecule has 6 heteroatoms. The van der Waals surface area contributed by atoms with E-state index in [0.29, 0.717) is 0 Å². The van der Waals surface area contributed by atoms with Crippen molar-refractivity contribution in [3.63, 3.8) is 0 Å². The predicted molar refractivity (Wildman–Crippen MR) is 49.0 cm³/mol. The van der Waals surface area contributed by atoms with Gasteiger partial charge in [-0.15, -0.1) is 0 Å². The highest BCUT2D eigenvalue weighted by molar-refractivity contribution is 5.92. The lowest BCUT2D eigenvalue weighted by Gasteiger charge is -2.04. The van der Waals surface area contributed by atoms with E-state index >= 15 is 0 Å². The molecule has 0 radical (unpaired) electrons. The lowest BCUT2D eigenvalue weighted by atomic mass is 10.2. The molecule has 16 heavy (non-hydrogen) atoms. The standard InChI is InChI=1S/C10H6F3NO2/c1-5(15)9-14-7-4-6(10(11,12)13)2-3-8(7)16-9/h2-4H,1H3. The van der Waals surface area contributed by atoms with Crippen LogP contribution in [0.15, 0.2) is 22.6 Å². The molecule has 0 aliphatic rings. The van der Waals surface area contributed by atoms with Crippen LogP contribution in [0.25, 0.3) is 11.1 Å². The van der Waals surface area contributed by atoms with Gasteiger partial charge in [0.1, 0.15) is 5.52 Å². The third-order valence-corrected chi connectivity index (χ3v) is 2.02. The van der Waals surface area contributed by atoms with Crippen molar-refractivity contribution in [2.75, 3.05) is 0 Å². The van der Waals surface area contributed by atoms with E-state index in [9.17, 15) is 18.0 Å². The number of nitrogens with zero attached hydrogens (tertiary/aromatic N) is 1. The summed E-state index contributed by atoms with van der Waals surface area (Å²) < 4.78 is 42.0. The van der Waals surface area contributed by atoms with Crippen molar-refractivity contribution in [2.24, 2.45) is 0 Å². The molecule has 3 nitrogen and oxygen atoms in total. The van der Waals surface area contributed by atoms with Gasteiger partial charge in [0.2, 0.25) is 5.78 Å². The Morgan fingerprint density at radius 2 is 2.06 bits per heavy atom. The van der Waals surface area contributed by atoms with Crippen LogP contribution in [0.5, 0.6) is 0 Å². The molecule has 0 aliphatic carbocycles. The number of carbonyl (C=O) groups excluding carboxylic acids is 1. The molecule has 0 spiro atoms. The van der Waals surface area contributed by atoms with E-state index in [1.165, 1.54) is 6.92 Å². The van der Waals surface area contributed by atoms with E-state index in [4.69, 9.17) is 4.42 Å². The molecular formula is C10H6F3NO2. The molecule has 0 aliphatic heterocycles. The Bertz CT molecular complexity index is 557. The number of benzene rings is 1. The summed E-state index contributed by atoms with van der Waals surface area (Å²) in [5.74, 6) is -0.612. The summed E-state index contributed by atoms with van der Waals surface area (Å²) in [5, 5.41) is 0. The maximum Gasteiger partial charge on any atom is 0.416 e. The van der Waals surface area contributed by atoms with Gasteiger partial charge in [-0.05, 0) is 18.2 Å². The molecule has 2 rings (SSSR count). The minimum atomic E-state index is -4.43. The van der Waals surface area contributed by atoms with Crippen molar-refractivity contribution in [2.45, 2.75) is 13.1 Å². The second-order valence-corrected chi connectivity index (χ2v) is 3.26. The average molecular weight is 229 g/mol. The summed E-state index contributed by atoms with van der Waals surface area (Å²) in [6, 6.07) is 2.89. The summed E-state index contributed by atoms with van der Waals surface area (Å²) in [5.41, 5.74) is -0.623. The van der Waals surface area contributed by atoms with Crippen molar-refractivity contribution in [1.82, 2.24) is 4.98 Å². The Morgan fingerprint density at radius 1 is 1.38 bits per heavy atom. The van der Waals surface area contributed by atoms with Gasteiger partial charge in [0, 0.05) is 6.92 Å². The van der Waals surface area contributed by atoms with Gasteiger partial charge in [-0.3, -0.25) is 4.79 Å². The number of oxazole rings is 1. The number of aromatic nitrogens is 1. The molecule has 0 fully saturated rings. The predicted octanol–water partition coefficient (Wildman–Crippen LogP) is 3.05. The van der Waals surface area contributed by atoms with Crippen LogP contribution in [-0.2, 0) is 6.18 Å². The van der Waals surface area contributed by atoms with Crippen molar-refractivity contribution in [3.05, 3.63) is 29.7 Å². The minimum Gasteiger partial charge on any atom is -0.434 e. The molecule has 1 aromatic carbocycles. The summed E-state index contributed by atoms with van der Waals surface area (Å²) in [6.07, 6.45) is -4.43. The molecule has 2 aromatic rings. The number of Topliss-reactive ketones (excluding diaryl/α,β-unsaturated/α-hetero) is 1. The van der Waals surface area contributed by atoms with E-state index in [2.05, 4.69) is 4.98 Å². The lowest BCUT2D eigenvalue weighted by Crippen LogP contribution is -2.04. The highest BCUT2D eigenvalue weighted by atomic mass is 19.4. The fourth-order valence-electron chi connectivity index (χ4n) is 1.25. The lowest BCUT2D eigenvalue weighted by molar-refractivity contribution is -0.137. The first-order valence-electron chi connectivity index (χ1n) is 4.36. The second-order valence-electron chi connectivity index (χ2n) is 3.26. The Labute approximate surface area is 87.9 Å².